The first-order valence-electron chi connectivity index (χ1n) is 7.40. The van der Waals surface area contributed by atoms with Gasteiger partial charge in [0.2, 0.25) is 0 Å². The number of aryl methyl sites for hydroxylation is 1. The number of aliphatic imine (C=N–C) groups is 1. The molecule has 2 N–H and O–H groups in total. The summed E-state index contributed by atoms with van der Waals surface area (Å²) in [4.78, 5) is 8.44. The Kier molecular flexibility index (Phi) is 6.19. The molecular formula is C16H19F3N4S. The molecule has 1 aromatic carbocycles. The van der Waals surface area contributed by atoms with Gasteiger partial charge < -0.3 is 10.6 Å². The minimum absolute atomic E-state index is 0.263. The number of guanidine groups is 1. The van der Waals surface area contributed by atoms with Crippen LogP contribution >= 0.6 is 11.3 Å². The van der Waals surface area contributed by atoms with Gasteiger partial charge in [0.05, 0.1) is 16.3 Å². The number of alkyl halides is 3. The van der Waals surface area contributed by atoms with Crippen molar-refractivity contribution >= 4 is 17.3 Å². The van der Waals surface area contributed by atoms with Crippen molar-refractivity contribution in [3.05, 3.63) is 51.5 Å². The molecule has 0 amide bonds. The highest BCUT2D eigenvalue weighted by Gasteiger charge is 2.30. The molecule has 0 radical (unpaired) electrons. The van der Waals surface area contributed by atoms with E-state index in [0.717, 1.165) is 29.3 Å². The van der Waals surface area contributed by atoms with Crippen LogP contribution in [-0.2, 0) is 19.1 Å². The monoisotopic (exact) mass is 356 g/mol. The molecule has 0 bridgehead atoms. The second kappa shape index (κ2) is 8.14. The Labute approximate surface area is 142 Å². The maximum Gasteiger partial charge on any atom is 0.416 e. The molecule has 2 aromatic rings. The second-order valence-corrected chi connectivity index (χ2v) is 6.22. The Balaban J connectivity index is 1.83. The molecule has 1 heterocycles. The molecule has 8 heteroatoms. The summed E-state index contributed by atoms with van der Waals surface area (Å²) in [5, 5.41) is 9.17. The Bertz CT molecular complexity index is 695. The quantitative estimate of drug-likeness (QED) is 0.638. The predicted molar refractivity (Wildman–Crippen MR) is 90.2 cm³/mol. The van der Waals surface area contributed by atoms with Gasteiger partial charge in [-0.2, -0.15) is 13.2 Å². The summed E-state index contributed by atoms with van der Waals surface area (Å²) >= 11 is 1.60. The van der Waals surface area contributed by atoms with Gasteiger partial charge >= 0.3 is 6.18 Å². The van der Waals surface area contributed by atoms with Gasteiger partial charge in [-0.3, -0.25) is 4.99 Å². The average Bonchev–Trinajstić information content (AvgIpc) is 2.95. The van der Waals surface area contributed by atoms with Crippen molar-refractivity contribution in [2.24, 2.45) is 4.99 Å². The van der Waals surface area contributed by atoms with Crippen LogP contribution in [0.15, 0.2) is 34.6 Å². The molecule has 1 aromatic heterocycles. The first kappa shape index (κ1) is 18.3. The second-order valence-electron chi connectivity index (χ2n) is 5.16. The van der Waals surface area contributed by atoms with Gasteiger partial charge in [0, 0.05) is 31.9 Å². The highest BCUT2D eigenvalue weighted by Crippen LogP contribution is 2.29. The lowest BCUT2D eigenvalue weighted by molar-refractivity contribution is -0.137. The third kappa shape index (κ3) is 5.52. The minimum Gasteiger partial charge on any atom is -0.356 e. The average molecular weight is 356 g/mol. The Hall–Kier alpha value is -2.09. The Morgan fingerprint density at radius 3 is 2.71 bits per heavy atom. The molecule has 2 rings (SSSR count). The number of thiazole rings is 1. The largest absolute Gasteiger partial charge is 0.416 e. The first-order valence-corrected chi connectivity index (χ1v) is 8.28. The van der Waals surface area contributed by atoms with E-state index in [4.69, 9.17) is 0 Å². The van der Waals surface area contributed by atoms with Crippen LogP contribution in [0.5, 0.6) is 0 Å². The summed E-state index contributed by atoms with van der Waals surface area (Å²) in [6, 6.07) is 5.25. The summed E-state index contributed by atoms with van der Waals surface area (Å²) in [5.41, 5.74) is 0.907. The number of nitrogens with one attached hydrogen (secondary N) is 2. The molecule has 0 aliphatic rings. The summed E-state index contributed by atoms with van der Waals surface area (Å²) < 4.78 is 38.1. The van der Waals surface area contributed by atoms with E-state index in [1.807, 2.05) is 12.3 Å². The normalized spacial score (nSPS) is 12.3. The smallest absolute Gasteiger partial charge is 0.356 e. The maximum atomic E-state index is 12.7. The van der Waals surface area contributed by atoms with E-state index in [2.05, 4.69) is 20.6 Å². The molecule has 0 unspecified atom stereocenters. The van der Waals surface area contributed by atoms with E-state index in [-0.39, 0.29) is 6.54 Å². The topological polar surface area (TPSA) is 49.3 Å². The SMILES string of the molecule is CN=C(NCCc1csc(C)n1)NCc1cccc(C(F)(F)F)c1. The maximum absolute atomic E-state index is 12.7. The van der Waals surface area contributed by atoms with Crippen LogP contribution < -0.4 is 10.6 Å². The lowest BCUT2D eigenvalue weighted by Crippen LogP contribution is -2.37. The molecule has 4 nitrogen and oxygen atoms in total. The van der Waals surface area contributed by atoms with Crippen LogP contribution in [0, 0.1) is 6.92 Å². The number of hydrogen-bond donors (Lipinski definition) is 2. The minimum atomic E-state index is -4.33. The van der Waals surface area contributed by atoms with Crippen LogP contribution in [0.2, 0.25) is 0 Å². The molecule has 0 aliphatic heterocycles. The fourth-order valence-corrected chi connectivity index (χ4v) is 2.74. The van der Waals surface area contributed by atoms with Crippen molar-refractivity contribution in [3.63, 3.8) is 0 Å². The van der Waals surface area contributed by atoms with Crippen molar-refractivity contribution in [1.82, 2.24) is 15.6 Å². The molecule has 130 valence electrons. The molecule has 24 heavy (non-hydrogen) atoms. The van der Waals surface area contributed by atoms with E-state index in [9.17, 15) is 13.2 Å². The zero-order valence-corrected chi connectivity index (χ0v) is 14.3. The zero-order chi connectivity index (χ0) is 17.6. The lowest BCUT2D eigenvalue weighted by atomic mass is 10.1. The van der Waals surface area contributed by atoms with Crippen LogP contribution in [-0.4, -0.2) is 24.5 Å². The molecule has 0 atom stereocenters. The highest BCUT2D eigenvalue weighted by atomic mass is 32.1. The van der Waals surface area contributed by atoms with Gasteiger partial charge in [-0.1, -0.05) is 12.1 Å². The van der Waals surface area contributed by atoms with Crippen LogP contribution in [0.4, 0.5) is 13.2 Å². The number of halogens is 3. The van der Waals surface area contributed by atoms with Crippen molar-refractivity contribution in [2.75, 3.05) is 13.6 Å². The van der Waals surface area contributed by atoms with Crippen molar-refractivity contribution in [2.45, 2.75) is 26.1 Å². The summed E-state index contributed by atoms with van der Waals surface area (Å²) in [6.45, 7) is 2.86. The zero-order valence-electron chi connectivity index (χ0n) is 13.4. The van der Waals surface area contributed by atoms with E-state index < -0.39 is 11.7 Å². The van der Waals surface area contributed by atoms with E-state index in [1.54, 1.807) is 24.5 Å². The number of rotatable bonds is 5. The molecule has 0 aliphatic carbocycles. The van der Waals surface area contributed by atoms with Crippen LogP contribution in [0.3, 0.4) is 0 Å². The van der Waals surface area contributed by atoms with Crippen LogP contribution in [0.25, 0.3) is 0 Å². The molecule has 0 spiro atoms. The molecular weight excluding hydrogens is 337 g/mol. The molecule has 0 fully saturated rings. The number of benzene rings is 1. The van der Waals surface area contributed by atoms with E-state index in [0.29, 0.717) is 18.1 Å². The molecule has 0 saturated carbocycles. The number of aromatic nitrogens is 1. The third-order valence-electron chi connectivity index (χ3n) is 3.28. The van der Waals surface area contributed by atoms with E-state index >= 15 is 0 Å². The van der Waals surface area contributed by atoms with Crippen molar-refractivity contribution in [1.29, 1.82) is 0 Å². The number of hydrogen-bond acceptors (Lipinski definition) is 3. The van der Waals surface area contributed by atoms with E-state index in [1.165, 1.54) is 6.07 Å². The van der Waals surface area contributed by atoms with Gasteiger partial charge in [0.1, 0.15) is 0 Å². The van der Waals surface area contributed by atoms with Crippen LogP contribution in [0.1, 0.15) is 21.8 Å². The summed E-state index contributed by atoms with van der Waals surface area (Å²) in [7, 11) is 1.62. The fourth-order valence-electron chi connectivity index (χ4n) is 2.10. The molecule has 0 saturated heterocycles. The fraction of sp³-hybridized carbons (Fsp3) is 0.375. The van der Waals surface area contributed by atoms with Crippen molar-refractivity contribution in [3.8, 4) is 0 Å². The lowest BCUT2D eigenvalue weighted by Gasteiger charge is -2.13. The van der Waals surface area contributed by atoms with Crippen molar-refractivity contribution < 1.29 is 13.2 Å². The van der Waals surface area contributed by atoms with Gasteiger partial charge in [0.15, 0.2) is 5.96 Å². The van der Waals surface area contributed by atoms with Gasteiger partial charge in [-0.15, -0.1) is 11.3 Å². The van der Waals surface area contributed by atoms with Gasteiger partial charge in [-0.05, 0) is 24.6 Å². The third-order valence-corrected chi connectivity index (χ3v) is 4.10. The standard InChI is InChI=1S/C16H19F3N4S/c1-11-23-14(10-24-11)6-7-21-15(20-2)22-9-12-4-3-5-13(8-12)16(17,18)19/h3-5,8,10H,6-7,9H2,1-2H3,(H2,20,21,22). The summed E-state index contributed by atoms with van der Waals surface area (Å²) in [6.07, 6.45) is -3.57. The highest BCUT2D eigenvalue weighted by molar-refractivity contribution is 7.09. The Morgan fingerprint density at radius 2 is 2.08 bits per heavy atom. The predicted octanol–water partition coefficient (Wildman–Crippen LogP) is 3.38. The van der Waals surface area contributed by atoms with Gasteiger partial charge in [0.25, 0.3) is 0 Å². The Morgan fingerprint density at radius 1 is 1.29 bits per heavy atom. The first-order chi connectivity index (χ1) is 11.4. The number of nitrogens with zero attached hydrogens (tertiary/aromatic N) is 2. The van der Waals surface area contributed by atoms with Gasteiger partial charge in [-0.25, -0.2) is 4.98 Å². The summed E-state index contributed by atoms with van der Waals surface area (Å²) in [5.74, 6) is 0.541.